The lowest BCUT2D eigenvalue weighted by Crippen LogP contribution is -2.38. The molecule has 3 rings (SSSR count). The number of piperidine rings is 1. The molecule has 2 aromatic heterocycles. The summed E-state index contributed by atoms with van der Waals surface area (Å²) in [4.78, 5) is 17.3. The number of methoxy groups -OCH3 is 1. The largest absolute Gasteiger partial charge is 0.453 e. The minimum atomic E-state index is -0.263. The molecule has 2 N–H and O–H groups in total. The lowest BCUT2D eigenvalue weighted by atomic mass is 9.94. The molecule has 0 saturated carbocycles. The number of fused-ring (bicyclic) bond motifs is 1. The summed E-state index contributed by atoms with van der Waals surface area (Å²) in [6.45, 7) is 1.37. The average molecular weight is 354 g/mol. The van der Waals surface area contributed by atoms with E-state index in [1.54, 1.807) is 4.90 Å². The van der Waals surface area contributed by atoms with Gasteiger partial charge in [-0.1, -0.05) is 0 Å². The molecule has 0 radical (unpaired) electrons. The molecular formula is C13H16BrN5O2. The van der Waals surface area contributed by atoms with Crippen LogP contribution in [0.5, 0.6) is 0 Å². The van der Waals surface area contributed by atoms with Gasteiger partial charge in [-0.3, -0.25) is 0 Å². The molecule has 8 heteroatoms. The maximum absolute atomic E-state index is 11.5. The van der Waals surface area contributed by atoms with Crippen molar-refractivity contribution in [2.24, 2.45) is 0 Å². The van der Waals surface area contributed by atoms with Gasteiger partial charge in [0.2, 0.25) is 0 Å². The van der Waals surface area contributed by atoms with Gasteiger partial charge in [-0.2, -0.15) is 5.10 Å². The number of anilines is 1. The quantitative estimate of drug-likeness (QED) is 0.847. The number of halogens is 1. The molecule has 1 saturated heterocycles. The lowest BCUT2D eigenvalue weighted by molar-refractivity contribution is 0.112. The summed E-state index contributed by atoms with van der Waals surface area (Å²) in [5.41, 5.74) is 7.80. The fourth-order valence-corrected chi connectivity index (χ4v) is 3.43. The van der Waals surface area contributed by atoms with Crippen LogP contribution in [-0.2, 0) is 4.74 Å². The highest BCUT2D eigenvalue weighted by Crippen LogP contribution is 2.34. The van der Waals surface area contributed by atoms with Crippen molar-refractivity contribution in [1.82, 2.24) is 19.5 Å². The first-order valence-corrected chi connectivity index (χ1v) is 7.51. The second-order valence-corrected chi connectivity index (χ2v) is 5.91. The van der Waals surface area contributed by atoms with Gasteiger partial charge in [0.15, 0.2) is 5.82 Å². The van der Waals surface area contributed by atoms with Crippen molar-refractivity contribution in [2.45, 2.75) is 18.8 Å². The molecule has 112 valence electrons. The normalized spacial score (nSPS) is 16.4. The standard InChI is InChI=1S/C13H16BrN5O2/c1-21-13(20)18-4-2-8(3-5-18)10-6-9(14)11-12(15)16-7-17-19(10)11/h6-8H,2-5H2,1H3,(H2,15,16,17). The van der Waals surface area contributed by atoms with Crippen molar-refractivity contribution in [3.05, 3.63) is 22.6 Å². The zero-order chi connectivity index (χ0) is 15.0. The van der Waals surface area contributed by atoms with Gasteiger partial charge < -0.3 is 15.4 Å². The van der Waals surface area contributed by atoms with Gasteiger partial charge in [0, 0.05) is 29.2 Å². The Labute approximate surface area is 130 Å². The molecule has 0 atom stereocenters. The molecule has 21 heavy (non-hydrogen) atoms. The van der Waals surface area contributed by atoms with Gasteiger partial charge in [-0.05, 0) is 34.8 Å². The van der Waals surface area contributed by atoms with E-state index in [1.807, 2.05) is 10.6 Å². The van der Waals surface area contributed by atoms with Gasteiger partial charge >= 0.3 is 6.09 Å². The Bertz CT molecular complexity index is 678. The molecule has 0 bridgehead atoms. The SMILES string of the molecule is COC(=O)N1CCC(c2cc(Br)c3c(N)ncnn23)CC1. The van der Waals surface area contributed by atoms with Crippen molar-refractivity contribution in [3.63, 3.8) is 0 Å². The Morgan fingerprint density at radius 1 is 1.48 bits per heavy atom. The van der Waals surface area contributed by atoms with Gasteiger partial charge in [-0.25, -0.2) is 14.3 Å². The number of hydrogen-bond donors (Lipinski definition) is 1. The Balaban J connectivity index is 1.86. The molecule has 1 fully saturated rings. The third-order valence-corrected chi connectivity index (χ3v) is 4.51. The topological polar surface area (TPSA) is 85.8 Å². The van der Waals surface area contributed by atoms with Crippen molar-refractivity contribution in [2.75, 3.05) is 25.9 Å². The Morgan fingerprint density at radius 3 is 2.86 bits per heavy atom. The Kier molecular flexibility index (Phi) is 3.71. The van der Waals surface area contributed by atoms with E-state index in [9.17, 15) is 4.79 Å². The number of nitrogens with zero attached hydrogens (tertiary/aromatic N) is 4. The smallest absolute Gasteiger partial charge is 0.409 e. The number of nitrogens with two attached hydrogens (primary N) is 1. The summed E-state index contributed by atoms with van der Waals surface area (Å²) >= 11 is 3.52. The molecular weight excluding hydrogens is 338 g/mol. The molecule has 0 spiro atoms. The number of nitrogen functional groups attached to an aromatic ring is 1. The first kappa shape index (κ1) is 14.1. The number of aromatic nitrogens is 3. The molecule has 0 aliphatic carbocycles. The van der Waals surface area contributed by atoms with E-state index in [-0.39, 0.29) is 6.09 Å². The fourth-order valence-electron chi connectivity index (χ4n) is 2.82. The van der Waals surface area contributed by atoms with Crippen molar-refractivity contribution < 1.29 is 9.53 Å². The first-order chi connectivity index (χ1) is 10.1. The summed E-state index contributed by atoms with van der Waals surface area (Å²) in [6.07, 6.45) is 2.94. The van der Waals surface area contributed by atoms with E-state index in [4.69, 9.17) is 10.5 Å². The Hall–Kier alpha value is -1.83. The predicted molar refractivity (Wildman–Crippen MR) is 81.1 cm³/mol. The van der Waals surface area contributed by atoms with Crippen LogP contribution in [0.4, 0.5) is 10.6 Å². The highest BCUT2D eigenvalue weighted by molar-refractivity contribution is 9.10. The third kappa shape index (κ3) is 2.44. The lowest BCUT2D eigenvalue weighted by Gasteiger charge is -2.30. The average Bonchev–Trinajstić information content (AvgIpc) is 2.85. The first-order valence-electron chi connectivity index (χ1n) is 6.72. The second kappa shape index (κ2) is 5.51. The molecule has 3 heterocycles. The van der Waals surface area contributed by atoms with Crippen molar-refractivity contribution >= 4 is 33.4 Å². The van der Waals surface area contributed by atoms with Crippen LogP contribution in [0.1, 0.15) is 24.5 Å². The van der Waals surface area contributed by atoms with E-state index in [0.717, 1.165) is 28.5 Å². The van der Waals surface area contributed by atoms with Crippen LogP contribution in [0.15, 0.2) is 16.9 Å². The number of likely N-dealkylation sites (tertiary alicyclic amines) is 1. The van der Waals surface area contributed by atoms with E-state index < -0.39 is 0 Å². The third-order valence-electron chi connectivity index (χ3n) is 3.91. The van der Waals surface area contributed by atoms with Crippen molar-refractivity contribution in [1.29, 1.82) is 0 Å². The highest BCUT2D eigenvalue weighted by Gasteiger charge is 2.27. The maximum atomic E-state index is 11.5. The van der Waals surface area contributed by atoms with Crippen LogP contribution in [0.2, 0.25) is 0 Å². The molecule has 0 aromatic carbocycles. The number of amides is 1. The predicted octanol–water partition coefficient (Wildman–Crippen LogP) is 2.02. The molecule has 2 aromatic rings. The van der Waals surface area contributed by atoms with Crippen LogP contribution in [-0.4, -0.2) is 45.8 Å². The van der Waals surface area contributed by atoms with Crippen LogP contribution in [0.3, 0.4) is 0 Å². The summed E-state index contributed by atoms with van der Waals surface area (Å²) in [6, 6.07) is 2.04. The van der Waals surface area contributed by atoms with Crippen LogP contribution in [0, 0.1) is 0 Å². The highest BCUT2D eigenvalue weighted by atomic mass is 79.9. The summed E-state index contributed by atoms with van der Waals surface area (Å²) < 4.78 is 7.49. The number of rotatable bonds is 1. The summed E-state index contributed by atoms with van der Waals surface area (Å²) in [5, 5.41) is 4.30. The summed E-state index contributed by atoms with van der Waals surface area (Å²) in [5.74, 6) is 0.786. The van der Waals surface area contributed by atoms with Gasteiger partial charge in [0.1, 0.15) is 11.8 Å². The number of ether oxygens (including phenoxy) is 1. The zero-order valence-corrected chi connectivity index (χ0v) is 13.2. The van der Waals surface area contributed by atoms with Gasteiger partial charge in [-0.15, -0.1) is 0 Å². The van der Waals surface area contributed by atoms with Crippen LogP contribution < -0.4 is 5.73 Å². The van der Waals surface area contributed by atoms with Crippen LogP contribution in [0.25, 0.3) is 5.52 Å². The zero-order valence-electron chi connectivity index (χ0n) is 11.6. The molecule has 0 unspecified atom stereocenters. The minimum Gasteiger partial charge on any atom is -0.453 e. The molecule has 1 aliphatic heterocycles. The van der Waals surface area contributed by atoms with Crippen LogP contribution >= 0.6 is 15.9 Å². The van der Waals surface area contributed by atoms with Crippen molar-refractivity contribution in [3.8, 4) is 0 Å². The number of carbonyl (C=O) groups is 1. The monoisotopic (exact) mass is 353 g/mol. The van der Waals surface area contributed by atoms with E-state index in [1.165, 1.54) is 13.4 Å². The molecule has 1 amide bonds. The van der Waals surface area contributed by atoms with E-state index in [2.05, 4.69) is 26.0 Å². The Morgan fingerprint density at radius 2 is 2.19 bits per heavy atom. The number of carbonyl (C=O) groups excluding carboxylic acids is 1. The minimum absolute atomic E-state index is 0.263. The number of hydrogen-bond acceptors (Lipinski definition) is 5. The maximum Gasteiger partial charge on any atom is 0.409 e. The van der Waals surface area contributed by atoms with E-state index >= 15 is 0 Å². The van der Waals surface area contributed by atoms with E-state index in [0.29, 0.717) is 24.8 Å². The fraction of sp³-hybridized carbons (Fsp3) is 0.462. The second-order valence-electron chi connectivity index (χ2n) is 5.05. The molecule has 1 aliphatic rings. The van der Waals surface area contributed by atoms with Gasteiger partial charge in [0.05, 0.1) is 7.11 Å². The summed E-state index contributed by atoms with van der Waals surface area (Å²) in [7, 11) is 1.41. The van der Waals surface area contributed by atoms with Gasteiger partial charge in [0.25, 0.3) is 0 Å². The molecule has 7 nitrogen and oxygen atoms in total.